The zero-order valence-electron chi connectivity index (χ0n) is 14.4. The first-order chi connectivity index (χ1) is 12.7. The number of benzene rings is 2. The van der Waals surface area contributed by atoms with Gasteiger partial charge in [0.25, 0.3) is 0 Å². The molecule has 6 nitrogen and oxygen atoms in total. The second-order valence-electron chi connectivity index (χ2n) is 6.06. The van der Waals surface area contributed by atoms with Crippen molar-refractivity contribution in [2.24, 2.45) is 0 Å². The van der Waals surface area contributed by atoms with Gasteiger partial charge in [0.1, 0.15) is 11.6 Å². The van der Waals surface area contributed by atoms with Crippen LogP contribution in [0.1, 0.15) is 16.8 Å². The summed E-state index contributed by atoms with van der Waals surface area (Å²) in [6, 6.07) is 18.7. The van der Waals surface area contributed by atoms with E-state index >= 15 is 0 Å². The van der Waals surface area contributed by atoms with Crippen LogP contribution in [-0.2, 0) is 19.3 Å². The number of aromatic nitrogens is 2. The van der Waals surface area contributed by atoms with E-state index in [-0.39, 0.29) is 11.8 Å². The number of carbonyl (C=O) groups excluding carboxylic acids is 1. The first-order valence-electron chi connectivity index (χ1n) is 8.60. The smallest absolute Gasteiger partial charge is 0.320 e. The van der Waals surface area contributed by atoms with Crippen molar-refractivity contribution in [3.63, 3.8) is 0 Å². The fourth-order valence-electron chi connectivity index (χ4n) is 2.62. The van der Waals surface area contributed by atoms with E-state index in [0.29, 0.717) is 18.8 Å². The number of phenolic OH excluding ortho intramolecular Hbond substituents is 1. The fourth-order valence-corrected chi connectivity index (χ4v) is 2.62. The van der Waals surface area contributed by atoms with E-state index in [4.69, 9.17) is 0 Å². The molecule has 0 unspecified atom stereocenters. The van der Waals surface area contributed by atoms with Gasteiger partial charge in [-0.05, 0) is 42.5 Å². The summed E-state index contributed by atoms with van der Waals surface area (Å²) in [6.07, 6.45) is 2.41. The Morgan fingerprint density at radius 1 is 0.962 bits per heavy atom. The van der Waals surface area contributed by atoms with Crippen LogP contribution in [0.4, 0.5) is 10.6 Å². The van der Waals surface area contributed by atoms with Gasteiger partial charge in [-0.1, -0.05) is 42.5 Å². The number of aromatic amines is 1. The molecular weight excluding hydrogens is 328 g/mol. The van der Waals surface area contributed by atoms with Crippen molar-refractivity contribution in [1.29, 1.82) is 0 Å². The highest BCUT2D eigenvalue weighted by atomic mass is 16.3. The number of urea groups is 1. The Balaban J connectivity index is 1.40. The number of carbonyl (C=O) groups is 1. The number of aryl methyl sites for hydroxylation is 2. The van der Waals surface area contributed by atoms with Crippen LogP contribution < -0.4 is 10.6 Å². The van der Waals surface area contributed by atoms with Crippen LogP contribution in [0.15, 0.2) is 60.7 Å². The summed E-state index contributed by atoms with van der Waals surface area (Å²) < 4.78 is 0. The van der Waals surface area contributed by atoms with Gasteiger partial charge in [-0.25, -0.2) is 4.79 Å². The molecule has 6 heteroatoms. The van der Waals surface area contributed by atoms with Crippen LogP contribution >= 0.6 is 0 Å². The third-order valence-corrected chi connectivity index (χ3v) is 4.03. The monoisotopic (exact) mass is 350 g/mol. The lowest BCUT2D eigenvalue weighted by molar-refractivity contribution is 0.252. The van der Waals surface area contributed by atoms with Gasteiger partial charge < -0.3 is 10.4 Å². The van der Waals surface area contributed by atoms with Crippen LogP contribution in [-0.4, -0.2) is 27.9 Å². The van der Waals surface area contributed by atoms with Gasteiger partial charge in [0, 0.05) is 12.6 Å². The molecule has 0 saturated carbocycles. The molecule has 26 heavy (non-hydrogen) atoms. The fraction of sp³-hybridized carbons (Fsp3) is 0.200. The van der Waals surface area contributed by atoms with Crippen molar-refractivity contribution in [1.82, 2.24) is 15.5 Å². The lowest BCUT2D eigenvalue weighted by Crippen LogP contribution is -2.30. The minimum atomic E-state index is -0.276. The maximum Gasteiger partial charge on any atom is 0.320 e. The number of H-pyrrole nitrogens is 1. The molecule has 0 fully saturated rings. The van der Waals surface area contributed by atoms with Crippen molar-refractivity contribution in [2.75, 3.05) is 11.9 Å². The standard InChI is InChI=1S/C20H22N4O2/c25-18-10-7-16(8-11-18)12-13-21-20(26)22-19-14-17(23-24-19)9-6-15-4-2-1-3-5-15/h1-5,7-8,10-11,14,25H,6,9,12-13H2,(H3,21,22,23,24,26). The largest absolute Gasteiger partial charge is 0.508 e. The Hall–Kier alpha value is -3.28. The van der Waals surface area contributed by atoms with Crippen LogP contribution in [0.5, 0.6) is 5.75 Å². The van der Waals surface area contributed by atoms with Crippen molar-refractivity contribution >= 4 is 11.8 Å². The molecule has 3 aromatic rings. The number of anilines is 1. The molecule has 0 bridgehead atoms. The molecular formula is C20H22N4O2. The molecule has 1 heterocycles. The number of hydrogen-bond acceptors (Lipinski definition) is 3. The van der Waals surface area contributed by atoms with E-state index in [1.807, 2.05) is 36.4 Å². The molecule has 0 atom stereocenters. The van der Waals surface area contributed by atoms with Gasteiger partial charge >= 0.3 is 6.03 Å². The molecule has 0 aliphatic heterocycles. The van der Waals surface area contributed by atoms with Crippen LogP contribution in [0.2, 0.25) is 0 Å². The van der Waals surface area contributed by atoms with Crippen LogP contribution in [0, 0.1) is 0 Å². The zero-order valence-corrected chi connectivity index (χ0v) is 14.4. The highest BCUT2D eigenvalue weighted by Crippen LogP contribution is 2.10. The van der Waals surface area contributed by atoms with Crippen molar-refractivity contribution in [2.45, 2.75) is 19.3 Å². The Kier molecular flexibility index (Phi) is 5.88. The summed E-state index contributed by atoms with van der Waals surface area (Å²) in [5, 5.41) is 21.9. The highest BCUT2D eigenvalue weighted by molar-refractivity contribution is 5.88. The van der Waals surface area contributed by atoms with Gasteiger partial charge in [-0.3, -0.25) is 10.4 Å². The molecule has 0 aliphatic carbocycles. The summed E-state index contributed by atoms with van der Waals surface area (Å²) in [6.45, 7) is 0.506. The second kappa shape index (κ2) is 8.71. The number of phenols is 1. The van der Waals surface area contributed by atoms with Gasteiger partial charge in [-0.2, -0.15) is 5.10 Å². The molecule has 0 saturated heterocycles. The SMILES string of the molecule is O=C(NCCc1ccc(O)cc1)Nc1cc(CCc2ccccc2)n[nH]1. The van der Waals surface area contributed by atoms with Crippen molar-refractivity contribution < 1.29 is 9.90 Å². The molecule has 2 aromatic carbocycles. The third kappa shape index (κ3) is 5.37. The lowest BCUT2D eigenvalue weighted by Gasteiger charge is -2.06. The molecule has 4 N–H and O–H groups in total. The Morgan fingerprint density at radius 2 is 1.69 bits per heavy atom. The van der Waals surface area contributed by atoms with Gasteiger partial charge in [0.2, 0.25) is 0 Å². The lowest BCUT2D eigenvalue weighted by atomic mass is 10.1. The highest BCUT2D eigenvalue weighted by Gasteiger charge is 2.06. The van der Waals surface area contributed by atoms with E-state index in [2.05, 4.69) is 33.0 Å². The van der Waals surface area contributed by atoms with E-state index < -0.39 is 0 Å². The van der Waals surface area contributed by atoms with Crippen LogP contribution in [0.3, 0.4) is 0 Å². The molecule has 0 spiro atoms. The van der Waals surface area contributed by atoms with Gasteiger partial charge in [0.15, 0.2) is 0 Å². The first kappa shape index (κ1) is 17.5. The minimum Gasteiger partial charge on any atom is -0.508 e. The number of nitrogens with zero attached hydrogens (tertiary/aromatic N) is 1. The number of rotatable bonds is 7. The molecule has 2 amide bonds. The number of aromatic hydroxyl groups is 1. The summed E-state index contributed by atoms with van der Waals surface area (Å²) in [5.41, 5.74) is 3.22. The zero-order chi connectivity index (χ0) is 18.2. The Labute approximate surface area is 152 Å². The topological polar surface area (TPSA) is 90.0 Å². The number of hydrogen-bond donors (Lipinski definition) is 4. The quantitative estimate of drug-likeness (QED) is 0.527. The minimum absolute atomic E-state index is 0.238. The average molecular weight is 350 g/mol. The summed E-state index contributed by atoms with van der Waals surface area (Å²) in [7, 11) is 0. The van der Waals surface area contributed by atoms with Gasteiger partial charge in [-0.15, -0.1) is 0 Å². The second-order valence-corrected chi connectivity index (χ2v) is 6.06. The molecule has 0 radical (unpaired) electrons. The maximum atomic E-state index is 11.9. The van der Waals surface area contributed by atoms with E-state index in [9.17, 15) is 9.90 Å². The number of nitrogens with one attached hydrogen (secondary N) is 3. The summed E-state index contributed by atoms with van der Waals surface area (Å²) >= 11 is 0. The number of amides is 2. The average Bonchev–Trinajstić information content (AvgIpc) is 3.10. The summed E-state index contributed by atoms with van der Waals surface area (Å²) in [4.78, 5) is 11.9. The first-order valence-corrected chi connectivity index (χ1v) is 8.60. The summed E-state index contributed by atoms with van der Waals surface area (Å²) in [5.74, 6) is 0.817. The molecule has 3 rings (SSSR count). The Bertz CT molecular complexity index is 829. The predicted octanol–water partition coefficient (Wildman–Crippen LogP) is 3.26. The van der Waals surface area contributed by atoms with E-state index in [1.165, 1.54) is 5.56 Å². The third-order valence-electron chi connectivity index (χ3n) is 4.03. The Morgan fingerprint density at radius 3 is 2.46 bits per heavy atom. The van der Waals surface area contributed by atoms with Crippen molar-refractivity contribution in [3.8, 4) is 5.75 Å². The van der Waals surface area contributed by atoms with Crippen LogP contribution in [0.25, 0.3) is 0 Å². The maximum absolute atomic E-state index is 11.9. The normalized spacial score (nSPS) is 10.5. The van der Waals surface area contributed by atoms with Crippen molar-refractivity contribution in [3.05, 3.63) is 77.5 Å². The van der Waals surface area contributed by atoms with E-state index in [0.717, 1.165) is 24.1 Å². The molecule has 0 aliphatic rings. The van der Waals surface area contributed by atoms with Gasteiger partial charge in [0.05, 0.1) is 5.69 Å². The molecule has 134 valence electrons. The predicted molar refractivity (Wildman–Crippen MR) is 101 cm³/mol. The molecule has 1 aromatic heterocycles. The van der Waals surface area contributed by atoms with E-state index in [1.54, 1.807) is 12.1 Å².